The number of nitrogens with two attached hydrogens (primary N) is 1. The van der Waals surface area contributed by atoms with Crippen LogP contribution >= 0.6 is 11.3 Å². The number of nitrogens with zero attached hydrogens (tertiary/aromatic N) is 2. The molecule has 0 spiro atoms. The van der Waals surface area contributed by atoms with Crippen LogP contribution in [0.1, 0.15) is 35.9 Å². The van der Waals surface area contributed by atoms with Gasteiger partial charge in [-0.15, -0.1) is 11.3 Å². The van der Waals surface area contributed by atoms with Gasteiger partial charge in [0.05, 0.1) is 6.04 Å². The molecule has 0 radical (unpaired) electrons. The zero-order chi connectivity index (χ0) is 14.1. The number of rotatable bonds is 3. The van der Waals surface area contributed by atoms with E-state index in [1.165, 1.54) is 16.0 Å². The Morgan fingerprint density at radius 1 is 1.50 bits per heavy atom. The first kappa shape index (κ1) is 13.6. The highest BCUT2D eigenvalue weighted by molar-refractivity contribution is 7.10. The number of thiophene rings is 1. The van der Waals surface area contributed by atoms with Gasteiger partial charge < -0.3 is 10.6 Å². The average Bonchev–Trinajstić information content (AvgIpc) is 2.89. The standard InChI is InChI=1S/C16H21N3S/c1-11(17)10-13-4-3-7-18-16(13)19-8-5-15-14(12(19)2)6-9-20-15/h3-4,6-7,9,11-12H,5,8,10,17H2,1-2H3. The molecule has 3 nitrogen and oxygen atoms in total. The van der Waals surface area contributed by atoms with Crippen molar-refractivity contribution in [3.05, 3.63) is 45.8 Å². The molecule has 1 aliphatic rings. The molecule has 0 fully saturated rings. The lowest BCUT2D eigenvalue weighted by Gasteiger charge is -2.36. The van der Waals surface area contributed by atoms with Gasteiger partial charge in [-0.2, -0.15) is 0 Å². The number of anilines is 1. The van der Waals surface area contributed by atoms with Crippen molar-refractivity contribution in [2.45, 2.75) is 38.8 Å². The molecule has 0 saturated heterocycles. The summed E-state index contributed by atoms with van der Waals surface area (Å²) in [4.78, 5) is 8.59. The number of pyridine rings is 1. The number of hydrogen-bond donors (Lipinski definition) is 1. The SMILES string of the molecule is CC(N)Cc1cccnc1N1CCc2sccc2C1C. The lowest BCUT2D eigenvalue weighted by atomic mass is 10.00. The maximum Gasteiger partial charge on any atom is 0.132 e. The van der Waals surface area contributed by atoms with Crippen LogP contribution in [0, 0.1) is 0 Å². The lowest BCUT2D eigenvalue weighted by Crippen LogP contribution is -2.35. The second-order valence-corrected chi connectivity index (χ2v) is 6.59. The van der Waals surface area contributed by atoms with E-state index in [1.807, 2.05) is 30.5 Å². The molecule has 20 heavy (non-hydrogen) atoms. The fourth-order valence-corrected chi connectivity index (χ4v) is 3.96. The van der Waals surface area contributed by atoms with Gasteiger partial charge in [-0.05, 0) is 55.3 Å². The Bertz CT molecular complexity index is 591. The summed E-state index contributed by atoms with van der Waals surface area (Å²) < 4.78 is 0. The van der Waals surface area contributed by atoms with E-state index in [9.17, 15) is 0 Å². The minimum absolute atomic E-state index is 0.162. The van der Waals surface area contributed by atoms with Crippen LogP contribution in [0.3, 0.4) is 0 Å². The molecule has 2 aromatic rings. The number of fused-ring (bicyclic) bond motifs is 1. The molecule has 4 heteroatoms. The van der Waals surface area contributed by atoms with Gasteiger partial charge in [-0.25, -0.2) is 4.98 Å². The number of hydrogen-bond acceptors (Lipinski definition) is 4. The van der Waals surface area contributed by atoms with Gasteiger partial charge in [0.2, 0.25) is 0 Å². The molecular formula is C16H21N3S. The quantitative estimate of drug-likeness (QED) is 0.943. The normalized spacial score (nSPS) is 19.8. The molecule has 0 amide bonds. The summed E-state index contributed by atoms with van der Waals surface area (Å²) in [5.74, 6) is 1.11. The first-order valence-corrected chi connectivity index (χ1v) is 8.07. The summed E-state index contributed by atoms with van der Waals surface area (Å²) in [5, 5.41) is 2.20. The van der Waals surface area contributed by atoms with Gasteiger partial charge in [-0.3, -0.25) is 0 Å². The highest BCUT2D eigenvalue weighted by atomic mass is 32.1. The van der Waals surface area contributed by atoms with Crippen LogP contribution in [0.15, 0.2) is 29.8 Å². The molecule has 2 N–H and O–H groups in total. The molecule has 2 aromatic heterocycles. The Labute approximate surface area is 124 Å². The van der Waals surface area contributed by atoms with Crippen molar-refractivity contribution in [3.63, 3.8) is 0 Å². The van der Waals surface area contributed by atoms with Crippen LogP contribution in [-0.2, 0) is 12.8 Å². The van der Waals surface area contributed by atoms with E-state index >= 15 is 0 Å². The smallest absolute Gasteiger partial charge is 0.132 e. The molecule has 3 heterocycles. The molecular weight excluding hydrogens is 266 g/mol. The Morgan fingerprint density at radius 3 is 3.15 bits per heavy atom. The van der Waals surface area contributed by atoms with Crippen molar-refractivity contribution in [3.8, 4) is 0 Å². The van der Waals surface area contributed by atoms with Crippen LogP contribution in [0.2, 0.25) is 0 Å². The number of aromatic nitrogens is 1. The van der Waals surface area contributed by atoms with E-state index in [0.29, 0.717) is 6.04 Å². The van der Waals surface area contributed by atoms with Crippen LogP contribution in [0.25, 0.3) is 0 Å². The highest BCUT2D eigenvalue weighted by Gasteiger charge is 2.27. The molecule has 1 aliphatic heterocycles. The summed E-state index contributed by atoms with van der Waals surface area (Å²) in [5.41, 5.74) is 8.69. The second-order valence-electron chi connectivity index (χ2n) is 5.59. The average molecular weight is 287 g/mol. The predicted octanol–water partition coefficient (Wildman–Crippen LogP) is 3.16. The van der Waals surface area contributed by atoms with E-state index in [4.69, 9.17) is 5.73 Å². The molecule has 0 saturated carbocycles. The summed E-state index contributed by atoms with van der Waals surface area (Å²) >= 11 is 1.87. The summed E-state index contributed by atoms with van der Waals surface area (Å²) in [7, 11) is 0. The molecule has 0 aromatic carbocycles. The Balaban J connectivity index is 1.94. The Hall–Kier alpha value is -1.39. The molecule has 0 bridgehead atoms. The van der Waals surface area contributed by atoms with E-state index in [1.54, 1.807) is 0 Å². The molecule has 2 atom stereocenters. The third-order valence-corrected chi connectivity index (χ3v) is 4.96. The minimum atomic E-state index is 0.162. The zero-order valence-electron chi connectivity index (χ0n) is 12.0. The van der Waals surface area contributed by atoms with Crippen LogP contribution in [-0.4, -0.2) is 17.6 Å². The molecule has 0 aliphatic carbocycles. The summed E-state index contributed by atoms with van der Waals surface area (Å²) in [6.07, 6.45) is 3.88. The van der Waals surface area contributed by atoms with Crippen molar-refractivity contribution in [2.75, 3.05) is 11.4 Å². The molecule has 2 unspecified atom stereocenters. The highest BCUT2D eigenvalue weighted by Crippen LogP contribution is 2.36. The first-order valence-electron chi connectivity index (χ1n) is 7.19. The largest absolute Gasteiger partial charge is 0.349 e. The Kier molecular flexibility index (Phi) is 3.76. The van der Waals surface area contributed by atoms with Gasteiger partial charge in [0.1, 0.15) is 5.82 Å². The lowest BCUT2D eigenvalue weighted by molar-refractivity contribution is 0.617. The second kappa shape index (κ2) is 5.54. The van der Waals surface area contributed by atoms with Crippen molar-refractivity contribution in [2.24, 2.45) is 5.73 Å². The van der Waals surface area contributed by atoms with Gasteiger partial charge in [-0.1, -0.05) is 6.07 Å². The zero-order valence-corrected chi connectivity index (χ0v) is 12.9. The van der Waals surface area contributed by atoms with Crippen molar-refractivity contribution in [1.82, 2.24) is 4.98 Å². The van der Waals surface area contributed by atoms with Gasteiger partial charge >= 0.3 is 0 Å². The van der Waals surface area contributed by atoms with Gasteiger partial charge in [0.15, 0.2) is 0 Å². The fourth-order valence-electron chi connectivity index (χ4n) is 2.99. The fraction of sp³-hybridized carbons (Fsp3) is 0.438. The Morgan fingerprint density at radius 2 is 2.35 bits per heavy atom. The molecule has 3 rings (SSSR count). The van der Waals surface area contributed by atoms with Crippen molar-refractivity contribution < 1.29 is 0 Å². The van der Waals surface area contributed by atoms with Crippen LogP contribution in [0.4, 0.5) is 5.82 Å². The van der Waals surface area contributed by atoms with E-state index in [0.717, 1.165) is 25.2 Å². The van der Waals surface area contributed by atoms with Crippen LogP contribution < -0.4 is 10.6 Å². The monoisotopic (exact) mass is 287 g/mol. The van der Waals surface area contributed by atoms with Crippen LogP contribution in [0.5, 0.6) is 0 Å². The predicted molar refractivity (Wildman–Crippen MR) is 85.4 cm³/mol. The van der Waals surface area contributed by atoms with Gasteiger partial charge in [0, 0.05) is 23.7 Å². The van der Waals surface area contributed by atoms with Gasteiger partial charge in [0.25, 0.3) is 0 Å². The van der Waals surface area contributed by atoms with E-state index in [2.05, 4.69) is 34.3 Å². The summed E-state index contributed by atoms with van der Waals surface area (Å²) in [6, 6.07) is 6.97. The topological polar surface area (TPSA) is 42.1 Å². The third kappa shape index (κ3) is 2.45. The van der Waals surface area contributed by atoms with Crippen molar-refractivity contribution >= 4 is 17.2 Å². The van der Waals surface area contributed by atoms with E-state index < -0.39 is 0 Å². The minimum Gasteiger partial charge on any atom is -0.349 e. The third-order valence-electron chi connectivity index (χ3n) is 3.96. The van der Waals surface area contributed by atoms with E-state index in [-0.39, 0.29) is 6.04 Å². The molecule has 106 valence electrons. The first-order chi connectivity index (χ1) is 9.66. The van der Waals surface area contributed by atoms with Crippen molar-refractivity contribution in [1.29, 1.82) is 0 Å². The summed E-state index contributed by atoms with van der Waals surface area (Å²) in [6.45, 7) is 5.36. The maximum atomic E-state index is 5.97. The maximum absolute atomic E-state index is 5.97.